The van der Waals surface area contributed by atoms with E-state index < -0.39 is 12.1 Å². The van der Waals surface area contributed by atoms with Crippen LogP contribution < -0.4 is 0 Å². The Morgan fingerprint density at radius 1 is 1.58 bits per heavy atom. The van der Waals surface area contributed by atoms with Crippen LogP contribution in [0.4, 0.5) is 0 Å². The predicted molar refractivity (Wildman–Crippen MR) is 39.9 cm³/mol. The minimum Gasteiger partial charge on any atom is -0.483 e. The molecule has 1 saturated heterocycles. The molecule has 0 aliphatic carbocycles. The molecule has 5 heteroatoms. The maximum Gasteiger partial charge on any atom is 0.332 e. The monoisotopic (exact) mass is 176 g/mol. The standard InChI is InChI=1S/C6H10O3.CH2O2/c1-4-2-3-5(9-4)6(7)8;2-1-3/h4-5H,2-3H2,1H3,(H,7,8);1H,(H,2,3). The van der Waals surface area contributed by atoms with E-state index in [1.165, 1.54) is 0 Å². The molecule has 0 spiro atoms. The summed E-state index contributed by atoms with van der Waals surface area (Å²) in [5.74, 6) is -0.834. The van der Waals surface area contributed by atoms with E-state index in [1.807, 2.05) is 6.92 Å². The Hall–Kier alpha value is -1.10. The molecule has 1 fully saturated rings. The van der Waals surface area contributed by atoms with Gasteiger partial charge in [-0.3, -0.25) is 4.79 Å². The molecule has 0 aromatic carbocycles. The summed E-state index contributed by atoms with van der Waals surface area (Å²) < 4.78 is 5.02. The van der Waals surface area contributed by atoms with Crippen molar-refractivity contribution in [1.82, 2.24) is 0 Å². The highest BCUT2D eigenvalue weighted by atomic mass is 16.5. The van der Waals surface area contributed by atoms with Crippen LogP contribution in [0.3, 0.4) is 0 Å². The van der Waals surface area contributed by atoms with Gasteiger partial charge in [0.05, 0.1) is 6.10 Å². The van der Waals surface area contributed by atoms with Crippen LogP contribution in [0.2, 0.25) is 0 Å². The maximum atomic E-state index is 10.2. The van der Waals surface area contributed by atoms with E-state index in [4.69, 9.17) is 19.7 Å². The second-order valence-electron chi connectivity index (χ2n) is 2.46. The zero-order valence-corrected chi connectivity index (χ0v) is 6.77. The molecule has 0 aromatic rings. The first-order chi connectivity index (χ1) is 5.61. The Kier molecular flexibility index (Phi) is 5.03. The Balaban J connectivity index is 0.000000354. The summed E-state index contributed by atoms with van der Waals surface area (Å²) in [5.41, 5.74) is 0. The third kappa shape index (κ3) is 3.92. The second kappa shape index (κ2) is 5.54. The van der Waals surface area contributed by atoms with Crippen LogP contribution in [0.15, 0.2) is 0 Å². The first kappa shape index (κ1) is 10.9. The summed E-state index contributed by atoms with van der Waals surface area (Å²) in [7, 11) is 0. The Bertz CT molecular complexity index is 156. The normalized spacial score (nSPS) is 27.1. The largest absolute Gasteiger partial charge is 0.483 e. The van der Waals surface area contributed by atoms with Crippen molar-refractivity contribution >= 4 is 12.4 Å². The molecule has 12 heavy (non-hydrogen) atoms. The summed E-state index contributed by atoms with van der Waals surface area (Å²) >= 11 is 0. The van der Waals surface area contributed by atoms with Crippen LogP contribution in [0.1, 0.15) is 19.8 Å². The van der Waals surface area contributed by atoms with Crippen LogP contribution in [-0.4, -0.2) is 34.9 Å². The lowest BCUT2D eigenvalue weighted by Gasteiger charge is -2.03. The van der Waals surface area contributed by atoms with Crippen molar-refractivity contribution in [3.8, 4) is 0 Å². The van der Waals surface area contributed by atoms with Crippen molar-refractivity contribution in [1.29, 1.82) is 0 Å². The summed E-state index contributed by atoms with van der Waals surface area (Å²) in [4.78, 5) is 18.6. The van der Waals surface area contributed by atoms with Gasteiger partial charge in [-0.15, -0.1) is 0 Å². The van der Waals surface area contributed by atoms with E-state index in [9.17, 15) is 4.79 Å². The van der Waals surface area contributed by atoms with Crippen LogP contribution in [0.5, 0.6) is 0 Å². The summed E-state index contributed by atoms with van der Waals surface area (Å²) in [6.07, 6.45) is 1.12. The van der Waals surface area contributed by atoms with Crippen molar-refractivity contribution in [3.63, 3.8) is 0 Å². The van der Waals surface area contributed by atoms with Gasteiger partial charge in [0.2, 0.25) is 0 Å². The maximum absolute atomic E-state index is 10.2. The Morgan fingerprint density at radius 3 is 2.25 bits per heavy atom. The van der Waals surface area contributed by atoms with Gasteiger partial charge >= 0.3 is 5.97 Å². The summed E-state index contributed by atoms with van der Waals surface area (Å²) in [6.45, 7) is 1.64. The third-order valence-corrected chi connectivity index (χ3v) is 1.51. The van der Waals surface area contributed by atoms with Gasteiger partial charge in [0.25, 0.3) is 6.47 Å². The number of hydrogen-bond donors (Lipinski definition) is 2. The smallest absolute Gasteiger partial charge is 0.332 e. The lowest BCUT2D eigenvalue weighted by atomic mass is 10.2. The Labute approximate surface area is 70.0 Å². The van der Waals surface area contributed by atoms with Gasteiger partial charge < -0.3 is 14.9 Å². The van der Waals surface area contributed by atoms with Gasteiger partial charge in [0, 0.05) is 0 Å². The van der Waals surface area contributed by atoms with E-state index in [0.717, 1.165) is 6.42 Å². The van der Waals surface area contributed by atoms with Crippen molar-refractivity contribution in [2.75, 3.05) is 0 Å². The molecule has 1 aliphatic rings. The lowest BCUT2D eigenvalue weighted by molar-refractivity contribution is -0.149. The van der Waals surface area contributed by atoms with Crippen molar-refractivity contribution in [2.45, 2.75) is 32.0 Å². The second-order valence-corrected chi connectivity index (χ2v) is 2.46. The van der Waals surface area contributed by atoms with E-state index in [2.05, 4.69) is 0 Å². The van der Waals surface area contributed by atoms with Crippen LogP contribution >= 0.6 is 0 Å². The fraction of sp³-hybridized carbons (Fsp3) is 0.714. The zero-order chi connectivity index (χ0) is 9.56. The predicted octanol–water partition coefficient (Wildman–Crippen LogP) is 0.339. The van der Waals surface area contributed by atoms with Crippen LogP contribution in [0.25, 0.3) is 0 Å². The van der Waals surface area contributed by atoms with Gasteiger partial charge in [-0.2, -0.15) is 0 Å². The fourth-order valence-corrected chi connectivity index (χ4v) is 0.984. The van der Waals surface area contributed by atoms with E-state index >= 15 is 0 Å². The minimum absolute atomic E-state index is 0.131. The number of ether oxygens (including phenoxy) is 1. The SMILES string of the molecule is CC1CCC(C(=O)O)O1.O=CO. The molecule has 0 bridgehead atoms. The molecule has 70 valence electrons. The van der Waals surface area contributed by atoms with Crippen molar-refractivity contribution in [2.24, 2.45) is 0 Å². The molecule has 1 rings (SSSR count). The number of carboxylic acid groups (broad SMARTS) is 2. The topological polar surface area (TPSA) is 83.8 Å². The van der Waals surface area contributed by atoms with Gasteiger partial charge in [-0.1, -0.05) is 0 Å². The molecule has 2 N–H and O–H groups in total. The summed E-state index contributed by atoms with van der Waals surface area (Å²) in [5, 5.41) is 15.3. The van der Waals surface area contributed by atoms with Gasteiger partial charge in [0.1, 0.15) is 0 Å². The molecule has 5 nitrogen and oxygen atoms in total. The number of rotatable bonds is 1. The van der Waals surface area contributed by atoms with E-state index in [-0.39, 0.29) is 12.6 Å². The molecule has 1 aliphatic heterocycles. The molecule has 0 aromatic heterocycles. The quantitative estimate of drug-likeness (QED) is 0.563. The molecule has 2 unspecified atom stereocenters. The van der Waals surface area contributed by atoms with Crippen LogP contribution in [-0.2, 0) is 14.3 Å². The molecule has 0 amide bonds. The molecule has 2 atom stereocenters. The molecular weight excluding hydrogens is 164 g/mol. The van der Waals surface area contributed by atoms with Crippen molar-refractivity contribution in [3.05, 3.63) is 0 Å². The van der Waals surface area contributed by atoms with E-state index in [1.54, 1.807) is 0 Å². The highest BCUT2D eigenvalue weighted by Gasteiger charge is 2.27. The van der Waals surface area contributed by atoms with Gasteiger partial charge in [-0.05, 0) is 19.8 Å². The molecule has 0 radical (unpaired) electrons. The van der Waals surface area contributed by atoms with Crippen molar-refractivity contribution < 1.29 is 24.5 Å². The number of carbonyl (C=O) groups is 2. The highest BCUT2D eigenvalue weighted by molar-refractivity contribution is 5.72. The zero-order valence-electron chi connectivity index (χ0n) is 6.77. The van der Waals surface area contributed by atoms with Gasteiger partial charge in [-0.25, -0.2) is 4.79 Å². The Morgan fingerprint density at radius 2 is 2.08 bits per heavy atom. The molecular formula is C7H12O5. The average Bonchev–Trinajstić information content (AvgIpc) is 2.37. The van der Waals surface area contributed by atoms with E-state index in [0.29, 0.717) is 6.42 Å². The molecule has 0 saturated carbocycles. The minimum atomic E-state index is -0.834. The number of carboxylic acids is 1. The van der Waals surface area contributed by atoms with Crippen LogP contribution in [0, 0.1) is 0 Å². The summed E-state index contributed by atoms with van der Waals surface area (Å²) in [6, 6.07) is 0. The fourth-order valence-electron chi connectivity index (χ4n) is 0.984. The highest BCUT2D eigenvalue weighted by Crippen LogP contribution is 2.18. The average molecular weight is 176 g/mol. The number of aliphatic carboxylic acids is 1. The lowest BCUT2D eigenvalue weighted by Crippen LogP contribution is -2.19. The first-order valence-electron chi connectivity index (χ1n) is 3.58. The van der Waals surface area contributed by atoms with Gasteiger partial charge in [0.15, 0.2) is 6.10 Å². The first-order valence-corrected chi connectivity index (χ1v) is 3.58. The third-order valence-electron chi connectivity index (χ3n) is 1.51. The molecule has 1 heterocycles. The number of hydrogen-bond acceptors (Lipinski definition) is 3.